The van der Waals surface area contributed by atoms with Gasteiger partial charge in [0.05, 0.1) is 6.10 Å². The molecule has 0 saturated carbocycles. The van der Waals surface area contributed by atoms with E-state index in [0.29, 0.717) is 0 Å². The molecule has 3 rings (SSSR count). The molecule has 0 amide bonds. The fourth-order valence-electron chi connectivity index (χ4n) is 4.26. The fourth-order valence-corrected chi connectivity index (χ4v) is 4.26. The van der Waals surface area contributed by atoms with Crippen LogP contribution in [0.3, 0.4) is 0 Å². The molecule has 1 atom stereocenters. The van der Waals surface area contributed by atoms with E-state index in [2.05, 4.69) is 54.8 Å². The van der Waals surface area contributed by atoms with Gasteiger partial charge in [0.25, 0.3) is 0 Å². The third kappa shape index (κ3) is 5.77. The lowest BCUT2D eigenvalue weighted by atomic mass is 10.0. The summed E-state index contributed by atoms with van der Waals surface area (Å²) in [6.45, 7) is 13.0. The van der Waals surface area contributed by atoms with Gasteiger partial charge in [-0.2, -0.15) is 0 Å². The molecule has 5 nitrogen and oxygen atoms in total. The molecule has 158 valence electrons. The van der Waals surface area contributed by atoms with Crippen molar-refractivity contribution in [2.45, 2.75) is 59.5 Å². The van der Waals surface area contributed by atoms with Gasteiger partial charge in [-0.25, -0.2) is 9.97 Å². The number of aliphatic hydroxyl groups is 1. The van der Waals surface area contributed by atoms with Crippen molar-refractivity contribution in [3.63, 3.8) is 0 Å². The van der Waals surface area contributed by atoms with Gasteiger partial charge in [-0.15, -0.1) is 0 Å². The molecule has 1 fully saturated rings. The molecule has 1 aliphatic heterocycles. The lowest BCUT2D eigenvalue weighted by Gasteiger charge is -2.37. The summed E-state index contributed by atoms with van der Waals surface area (Å²) < 4.78 is 0. The highest BCUT2D eigenvalue weighted by Crippen LogP contribution is 2.26. The number of hydrogen-bond donors (Lipinski definition) is 1. The van der Waals surface area contributed by atoms with Crippen molar-refractivity contribution in [3.05, 3.63) is 52.5 Å². The van der Waals surface area contributed by atoms with Gasteiger partial charge in [0.2, 0.25) is 0 Å². The van der Waals surface area contributed by atoms with E-state index in [1.165, 1.54) is 16.7 Å². The smallest absolute Gasteiger partial charge is 0.136 e. The van der Waals surface area contributed by atoms with Crippen LogP contribution in [0.4, 0.5) is 5.82 Å². The summed E-state index contributed by atoms with van der Waals surface area (Å²) in [7, 11) is 0. The van der Waals surface area contributed by atoms with Crippen LogP contribution in [-0.4, -0.2) is 58.8 Å². The molecular weight excluding hydrogens is 360 g/mol. The van der Waals surface area contributed by atoms with Gasteiger partial charge >= 0.3 is 0 Å². The van der Waals surface area contributed by atoms with E-state index in [0.717, 1.165) is 75.7 Å². The topological polar surface area (TPSA) is 52.5 Å². The quantitative estimate of drug-likeness (QED) is 0.740. The van der Waals surface area contributed by atoms with Crippen molar-refractivity contribution in [3.8, 4) is 0 Å². The summed E-state index contributed by atoms with van der Waals surface area (Å²) in [5.41, 5.74) is 5.03. The van der Waals surface area contributed by atoms with Crippen LogP contribution in [0.15, 0.2) is 24.3 Å². The minimum atomic E-state index is -0.212. The number of piperazine rings is 1. The first-order valence-corrected chi connectivity index (χ1v) is 11.1. The second-order valence-corrected chi connectivity index (χ2v) is 8.27. The van der Waals surface area contributed by atoms with Gasteiger partial charge in [-0.05, 0) is 32.3 Å². The Morgan fingerprint density at radius 1 is 1.07 bits per heavy atom. The maximum Gasteiger partial charge on any atom is 0.136 e. The highest BCUT2D eigenvalue weighted by molar-refractivity contribution is 5.52. The zero-order valence-electron chi connectivity index (χ0n) is 18.5. The molecule has 29 heavy (non-hydrogen) atoms. The number of anilines is 1. The number of aromatic nitrogens is 2. The Kier molecular flexibility index (Phi) is 7.62. The van der Waals surface area contributed by atoms with Crippen LogP contribution in [0.25, 0.3) is 0 Å². The van der Waals surface area contributed by atoms with Gasteiger partial charge in [0, 0.05) is 50.4 Å². The highest BCUT2D eigenvalue weighted by Gasteiger charge is 2.23. The average molecular weight is 397 g/mol. The SMILES string of the molecule is CCC[C@H](O)CN1CCN(c2nc(C)nc(CC)c2Cc2cccc(C)c2)CC1. The van der Waals surface area contributed by atoms with Crippen molar-refractivity contribution < 1.29 is 5.11 Å². The van der Waals surface area contributed by atoms with E-state index < -0.39 is 0 Å². The normalized spacial score (nSPS) is 16.2. The van der Waals surface area contributed by atoms with Crippen LogP contribution in [0, 0.1) is 13.8 Å². The molecule has 0 spiro atoms. The molecule has 1 aromatic carbocycles. The number of aryl methyl sites for hydroxylation is 3. The Bertz CT molecular complexity index is 799. The summed E-state index contributed by atoms with van der Waals surface area (Å²) >= 11 is 0. The number of benzene rings is 1. The predicted molar refractivity (Wildman–Crippen MR) is 120 cm³/mol. The maximum absolute atomic E-state index is 10.1. The molecule has 5 heteroatoms. The predicted octanol–water partition coefficient (Wildman–Crippen LogP) is 3.53. The highest BCUT2D eigenvalue weighted by atomic mass is 16.3. The van der Waals surface area contributed by atoms with Crippen LogP contribution >= 0.6 is 0 Å². The zero-order valence-corrected chi connectivity index (χ0v) is 18.5. The van der Waals surface area contributed by atoms with Gasteiger partial charge < -0.3 is 10.0 Å². The largest absolute Gasteiger partial charge is 0.392 e. The van der Waals surface area contributed by atoms with Crippen LogP contribution < -0.4 is 4.90 Å². The summed E-state index contributed by atoms with van der Waals surface area (Å²) in [5, 5.41) is 10.1. The van der Waals surface area contributed by atoms with E-state index in [4.69, 9.17) is 9.97 Å². The Hall–Kier alpha value is -1.98. The van der Waals surface area contributed by atoms with Crippen molar-refractivity contribution in [2.75, 3.05) is 37.6 Å². The van der Waals surface area contributed by atoms with Gasteiger partial charge in [0.1, 0.15) is 11.6 Å². The molecule has 2 aromatic rings. The zero-order chi connectivity index (χ0) is 20.8. The number of β-amino-alcohol motifs (C(OH)–C–C–N with tert-alkyl or cyclic N) is 1. The van der Waals surface area contributed by atoms with E-state index >= 15 is 0 Å². The van der Waals surface area contributed by atoms with Crippen molar-refractivity contribution in [2.24, 2.45) is 0 Å². The minimum absolute atomic E-state index is 0.212. The molecule has 1 N–H and O–H groups in total. The third-order valence-corrected chi connectivity index (χ3v) is 5.74. The van der Waals surface area contributed by atoms with Crippen LogP contribution in [-0.2, 0) is 12.8 Å². The number of rotatable bonds is 8. The van der Waals surface area contributed by atoms with Gasteiger partial charge in [-0.1, -0.05) is 50.1 Å². The summed E-state index contributed by atoms with van der Waals surface area (Å²) in [6.07, 6.45) is 3.49. The standard InChI is InChI=1S/C24H36N4O/c1-5-8-21(29)17-27-11-13-28(14-12-27)24-22(23(6-2)25-19(4)26-24)16-20-10-7-9-18(3)15-20/h7,9-10,15,21,29H,5-6,8,11-14,16-17H2,1-4H3/t21-/m0/s1. The Morgan fingerprint density at radius 3 is 2.48 bits per heavy atom. The lowest BCUT2D eigenvalue weighted by molar-refractivity contribution is 0.101. The third-order valence-electron chi connectivity index (χ3n) is 5.74. The first kappa shape index (κ1) is 21.7. The van der Waals surface area contributed by atoms with E-state index in [1.54, 1.807) is 0 Å². The average Bonchev–Trinajstić information content (AvgIpc) is 2.70. The molecule has 1 saturated heterocycles. The first-order chi connectivity index (χ1) is 14.0. The summed E-state index contributed by atoms with van der Waals surface area (Å²) in [4.78, 5) is 14.4. The minimum Gasteiger partial charge on any atom is -0.392 e. The summed E-state index contributed by atoms with van der Waals surface area (Å²) in [6, 6.07) is 8.73. The molecule has 0 bridgehead atoms. The van der Waals surface area contributed by atoms with Crippen LogP contribution in [0.1, 0.15) is 54.9 Å². The monoisotopic (exact) mass is 396 g/mol. The van der Waals surface area contributed by atoms with Crippen molar-refractivity contribution in [1.82, 2.24) is 14.9 Å². The molecule has 2 heterocycles. The molecule has 1 aromatic heterocycles. The molecular formula is C24H36N4O. The van der Waals surface area contributed by atoms with Crippen LogP contribution in [0.5, 0.6) is 0 Å². The summed E-state index contributed by atoms with van der Waals surface area (Å²) in [5.74, 6) is 1.95. The molecule has 0 unspecified atom stereocenters. The van der Waals surface area contributed by atoms with Gasteiger partial charge in [0.15, 0.2) is 0 Å². The fraction of sp³-hybridized carbons (Fsp3) is 0.583. The Balaban J connectivity index is 1.79. The number of aliphatic hydroxyl groups excluding tert-OH is 1. The first-order valence-electron chi connectivity index (χ1n) is 11.1. The van der Waals surface area contributed by atoms with Crippen LogP contribution in [0.2, 0.25) is 0 Å². The Labute approximate surface area is 175 Å². The Morgan fingerprint density at radius 2 is 1.83 bits per heavy atom. The molecule has 1 aliphatic rings. The van der Waals surface area contributed by atoms with Crippen molar-refractivity contribution >= 4 is 5.82 Å². The van der Waals surface area contributed by atoms with E-state index in [-0.39, 0.29) is 6.10 Å². The maximum atomic E-state index is 10.1. The second kappa shape index (κ2) is 10.2. The second-order valence-electron chi connectivity index (χ2n) is 8.27. The van der Waals surface area contributed by atoms with Gasteiger partial charge in [-0.3, -0.25) is 4.90 Å². The molecule has 0 radical (unpaired) electrons. The lowest BCUT2D eigenvalue weighted by Crippen LogP contribution is -2.49. The van der Waals surface area contributed by atoms with Crippen molar-refractivity contribution in [1.29, 1.82) is 0 Å². The molecule has 0 aliphatic carbocycles. The van der Waals surface area contributed by atoms with E-state index in [1.807, 2.05) is 6.92 Å². The van der Waals surface area contributed by atoms with E-state index in [9.17, 15) is 5.11 Å². The number of hydrogen-bond acceptors (Lipinski definition) is 5. The number of nitrogens with zero attached hydrogens (tertiary/aromatic N) is 4.